The molecule has 0 bridgehead atoms. The summed E-state index contributed by atoms with van der Waals surface area (Å²) < 4.78 is 33.2. The van der Waals surface area contributed by atoms with Gasteiger partial charge in [-0.05, 0) is 44.2 Å². The lowest BCUT2D eigenvalue weighted by Gasteiger charge is -2.34. The monoisotopic (exact) mass is 465 g/mol. The van der Waals surface area contributed by atoms with Crippen LogP contribution in [0.3, 0.4) is 0 Å². The van der Waals surface area contributed by atoms with Gasteiger partial charge in [0.05, 0.1) is 11.6 Å². The number of carbonyl (C=O) groups is 2. The summed E-state index contributed by atoms with van der Waals surface area (Å²) in [5.74, 6) is -0.327. The lowest BCUT2D eigenvalue weighted by Crippen LogP contribution is -2.50. The van der Waals surface area contributed by atoms with E-state index in [9.17, 15) is 18.0 Å². The van der Waals surface area contributed by atoms with Gasteiger partial charge in [0.15, 0.2) is 0 Å². The Morgan fingerprint density at radius 2 is 1.65 bits per heavy atom. The summed E-state index contributed by atoms with van der Waals surface area (Å²) in [6.07, 6.45) is -0.406. The Hall–Kier alpha value is -2.78. The van der Waals surface area contributed by atoms with Gasteiger partial charge in [-0.3, -0.25) is 9.52 Å². The highest BCUT2D eigenvalue weighted by atomic mass is 35.5. The van der Waals surface area contributed by atoms with Crippen LogP contribution in [0, 0.1) is 6.92 Å². The molecule has 1 aliphatic rings. The third-order valence-corrected chi connectivity index (χ3v) is 6.73. The molecule has 1 saturated heterocycles. The first-order valence-electron chi connectivity index (χ1n) is 9.81. The Balaban J connectivity index is 1.75. The number of nitrogens with zero attached hydrogens (tertiary/aromatic N) is 2. The van der Waals surface area contributed by atoms with Gasteiger partial charge in [-0.2, -0.15) is 0 Å². The minimum absolute atomic E-state index is 0.0169. The van der Waals surface area contributed by atoms with Crippen molar-refractivity contribution in [2.45, 2.75) is 18.7 Å². The van der Waals surface area contributed by atoms with Crippen LogP contribution in [-0.2, 0) is 14.8 Å². The van der Waals surface area contributed by atoms with Crippen molar-refractivity contribution in [1.82, 2.24) is 9.80 Å². The van der Waals surface area contributed by atoms with E-state index in [0.717, 1.165) is 5.56 Å². The second-order valence-corrected chi connectivity index (χ2v) is 9.15. The molecule has 8 nitrogen and oxygen atoms in total. The van der Waals surface area contributed by atoms with Crippen LogP contribution in [0.5, 0.6) is 0 Å². The Kier molecular flexibility index (Phi) is 7.07. The molecule has 3 rings (SSSR count). The van der Waals surface area contributed by atoms with Crippen molar-refractivity contribution in [3.63, 3.8) is 0 Å². The van der Waals surface area contributed by atoms with Crippen molar-refractivity contribution in [2.75, 3.05) is 37.5 Å². The highest BCUT2D eigenvalue weighted by Crippen LogP contribution is 2.26. The number of ether oxygens (including phenoxy) is 1. The number of sulfonamides is 1. The fourth-order valence-electron chi connectivity index (χ4n) is 3.16. The quantitative estimate of drug-likeness (QED) is 0.730. The van der Waals surface area contributed by atoms with Crippen LogP contribution >= 0.6 is 11.6 Å². The predicted octanol–water partition coefficient (Wildman–Crippen LogP) is 3.36. The molecule has 10 heteroatoms. The Morgan fingerprint density at radius 1 is 1.03 bits per heavy atom. The Morgan fingerprint density at radius 3 is 2.26 bits per heavy atom. The summed E-state index contributed by atoms with van der Waals surface area (Å²) in [6.45, 7) is 5.26. The summed E-state index contributed by atoms with van der Waals surface area (Å²) in [6, 6.07) is 11.0. The van der Waals surface area contributed by atoms with Crippen LogP contribution in [0.1, 0.15) is 22.8 Å². The summed E-state index contributed by atoms with van der Waals surface area (Å²) in [5, 5.41) is 0.0169. The molecule has 1 N–H and O–H groups in total. The number of hydrogen-bond donors (Lipinski definition) is 1. The molecule has 0 saturated carbocycles. The van der Waals surface area contributed by atoms with Crippen LogP contribution in [0.15, 0.2) is 47.4 Å². The van der Waals surface area contributed by atoms with E-state index in [0.29, 0.717) is 31.9 Å². The molecule has 1 heterocycles. The lowest BCUT2D eigenvalue weighted by molar-refractivity contribution is 0.0570. The van der Waals surface area contributed by atoms with Crippen LogP contribution in [-0.4, -0.2) is 63.0 Å². The number of nitrogens with one attached hydrogen (secondary N) is 1. The van der Waals surface area contributed by atoms with Gasteiger partial charge in [0.2, 0.25) is 0 Å². The molecule has 0 spiro atoms. The zero-order valence-corrected chi connectivity index (χ0v) is 18.9. The predicted molar refractivity (Wildman–Crippen MR) is 118 cm³/mol. The minimum Gasteiger partial charge on any atom is -0.450 e. The average molecular weight is 466 g/mol. The van der Waals surface area contributed by atoms with Gasteiger partial charge in [-0.1, -0.05) is 29.3 Å². The van der Waals surface area contributed by atoms with E-state index in [1.807, 2.05) is 6.92 Å². The molecule has 0 aromatic heterocycles. The topological polar surface area (TPSA) is 96.0 Å². The molecule has 0 radical (unpaired) electrons. The second kappa shape index (κ2) is 9.57. The van der Waals surface area contributed by atoms with Gasteiger partial charge >= 0.3 is 6.09 Å². The Labute approximate surface area is 186 Å². The number of anilines is 1. The maximum atomic E-state index is 12.9. The molecule has 2 amide bonds. The SMILES string of the molecule is CCOC(=O)N1CCN(C(=O)c2ccc(Cl)c(S(=O)(=O)Nc3ccc(C)cc3)c2)CC1. The molecule has 0 atom stereocenters. The maximum Gasteiger partial charge on any atom is 0.409 e. The van der Waals surface area contributed by atoms with Gasteiger partial charge in [0, 0.05) is 37.4 Å². The van der Waals surface area contributed by atoms with E-state index in [1.165, 1.54) is 23.1 Å². The minimum atomic E-state index is -3.99. The first-order chi connectivity index (χ1) is 14.7. The van der Waals surface area contributed by atoms with E-state index >= 15 is 0 Å². The van der Waals surface area contributed by atoms with Gasteiger partial charge in [-0.15, -0.1) is 0 Å². The highest BCUT2D eigenvalue weighted by Gasteiger charge is 2.27. The maximum absolute atomic E-state index is 12.9. The number of piperazine rings is 1. The van der Waals surface area contributed by atoms with Crippen molar-refractivity contribution >= 4 is 39.3 Å². The lowest BCUT2D eigenvalue weighted by atomic mass is 10.2. The number of carbonyl (C=O) groups excluding carboxylic acids is 2. The van der Waals surface area contributed by atoms with Crippen molar-refractivity contribution in [2.24, 2.45) is 0 Å². The Bertz CT molecular complexity index is 1060. The van der Waals surface area contributed by atoms with Crippen LogP contribution in [0.25, 0.3) is 0 Å². The van der Waals surface area contributed by atoms with Crippen molar-refractivity contribution < 1.29 is 22.7 Å². The molecule has 1 fully saturated rings. The highest BCUT2D eigenvalue weighted by molar-refractivity contribution is 7.92. The molecule has 1 aliphatic heterocycles. The number of amides is 2. The summed E-state index contributed by atoms with van der Waals surface area (Å²) in [7, 11) is -3.99. The molecule has 31 heavy (non-hydrogen) atoms. The van der Waals surface area contributed by atoms with Crippen molar-refractivity contribution in [3.05, 3.63) is 58.6 Å². The number of rotatable bonds is 5. The van der Waals surface area contributed by atoms with Crippen molar-refractivity contribution in [1.29, 1.82) is 0 Å². The van der Waals surface area contributed by atoms with Gasteiger partial charge in [0.1, 0.15) is 4.90 Å². The number of aryl methyl sites for hydroxylation is 1. The fraction of sp³-hybridized carbons (Fsp3) is 0.333. The van der Waals surface area contributed by atoms with E-state index in [1.54, 1.807) is 36.1 Å². The molecule has 166 valence electrons. The normalized spacial score (nSPS) is 14.3. The fourth-order valence-corrected chi connectivity index (χ4v) is 4.75. The zero-order valence-electron chi connectivity index (χ0n) is 17.3. The first kappa shape index (κ1) is 22.9. The third kappa shape index (κ3) is 5.48. The number of benzene rings is 2. The summed E-state index contributed by atoms with van der Waals surface area (Å²) in [4.78, 5) is 27.7. The number of hydrogen-bond acceptors (Lipinski definition) is 5. The first-order valence-corrected chi connectivity index (χ1v) is 11.7. The van der Waals surface area contributed by atoms with Crippen LogP contribution in [0.2, 0.25) is 5.02 Å². The zero-order chi connectivity index (χ0) is 22.6. The standard InChI is InChI=1S/C21H24ClN3O5S/c1-3-30-21(27)25-12-10-24(11-13-25)20(26)16-6-9-18(22)19(14-16)31(28,29)23-17-7-4-15(2)5-8-17/h4-9,14,23H,3,10-13H2,1-2H3. The smallest absolute Gasteiger partial charge is 0.409 e. The van der Waals surface area contributed by atoms with Crippen LogP contribution < -0.4 is 4.72 Å². The average Bonchev–Trinajstić information content (AvgIpc) is 2.75. The third-order valence-electron chi connectivity index (χ3n) is 4.86. The molecule has 2 aromatic carbocycles. The van der Waals surface area contributed by atoms with Gasteiger partial charge in [-0.25, -0.2) is 13.2 Å². The molecule has 2 aromatic rings. The van der Waals surface area contributed by atoms with E-state index in [2.05, 4.69) is 4.72 Å². The number of halogens is 1. The van der Waals surface area contributed by atoms with Crippen LogP contribution in [0.4, 0.5) is 10.5 Å². The summed E-state index contributed by atoms with van der Waals surface area (Å²) >= 11 is 6.14. The molecular weight excluding hydrogens is 442 g/mol. The molecule has 0 unspecified atom stereocenters. The largest absolute Gasteiger partial charge is 0.450 e. The second-order valence-electron chi connectivity index (χ2n) is 7.09. The van der Waals surface area contributed by atoms with Gasteiger partial charge < -0.3 is 14.5 Å². The van der Waals surface area contributed by atoms with E-state index in [4.69, 9.17) is 16.3 Å². The molecular formula is C21H24ClN3O5S. The molecule has 0 aliphatic carbocycles. The van der Waals surface area contributed by atoms with Gasteiger partial charge in [0.25, 0.3) is 15.9 Å². The van der Waals surface area contributed by atoms with E-state index in [-0.39, 0.29) is 28.0 Å². The summed E-state index contributed by atoms with van der Waals surface area (Å²) in [5.41, 5.74) is 1.60. The van der Waals surface area contributed by atoms with Crippen molar-refractivity contribution in [3.8, 4) is 0 Å². The van der Waals surface area contributed by atoms with E-state index < -0.39 is 16.1 Å².